The van der Waals surface area contributed by atoms with E-state index in [1.54, 1.807) is 25.1 Å². The number of hydrogen-bond donors (Lipinski definition) is 1. The zero-order valence-corrected chi connectivity index (χ0v) is 14.5. The lowest BCUT2D eigenvalue weighted by Gasteiger charge is -2.33. The fourth-order valence-electron chi connectivity index (χ4n) is 2.85. The number of likely N-dealkylation sites (N-methyl/N-ethyl adjacent to an activating group) is 1. The third-order valence-corrected chi connectivity index (χ3v) is 4.28. The number of nitrogens with one attached hydrogen (secondary N) is 1. The van der Waals surface area contributed by atoms with Crippen LogP contribution in [0.4, 0.5) is 15.9 Å². The summed E-state index contributed by atoms with van der Waals surface area (Å²) >= 11 is 0. The lowest BCUT2D eigenvalue weighted by molar-refractivity contribution is 0.0637. The second kappa shape index (κ2) is 7.57. The molecule has 0 bridgehead atoms. The quantitative estimate of drug-likeness (QED) is 0.924. The smallest absolute Gasteiger partial charge is 0.272 e. The molecule has 0 radical (unpaired) electrons. The van der Waals surface area contributed by atoms with Crippen molar-refractivity contribution in [2.45, 2.75) is 13.8 Å². The van der Waals surface area contributed by atoms with Crippen LogP contribution in [-0.2, 0) is 0 Å². The third kappa shape index (κ3) is 4.30. The molecule has 0 spiro atoms. The summed E-state index contributed by atoms with van der Waals surface area (Å²) in [7, 11) is 0. The van der Waals surface area contributed by atoms with Crippen LogP contribution in [0.2, 0.25) is 0 Å². The molecule has 1 amide bonds. The van der Waals surface area contributed by atoms with Crippen molar-refractivity contribution >= 4 is 17.4 Å². The number of rotatable bonds is 4. The maximum absolute atomic E-state index is 13.0. The van der Waals surface area contributed by atoms with Gasteiger partial charge in [-0.3, -0.25) is 4.79 Å². The molecular formula is C18H22FN5O. The SMILES string of the molecule is CCN1CCN(C(=O)c2cc(Nc3ccc(F)cc3)nc(C)n2)CC1. The van der Waals surface area contributed by atoms with E-state index >= 15 is 0 Å². The standard InChI is InChI=1S/C18H22FN5O/c1-3-23-8-10-24(11-9-23)18(25)16-12-17(21-13(2)20-16)22-15-6-4-14(19)5-7-15/h4-7,12H,3,8-11H2,1-2H3,(H,20,21,22). The Kier molecular flexibility index (Phi) is 5.23. The van der Waals surface area contributed by atoms with E-state index in [1.165, 1.54) is 12.1 Å². The molecule has 3 rings (SSSR count). The molecule has 0 unspecified atom stereocenters. The van der Waals surface area contributed by atoms with Gasteiger partial charge in [-0.25, -0.2) is 14.4 Å². The summed E-state index contributed by atoms with van der Waals surface area (Å²) in [5, 5.41) is 3.09. The highest BCUT2D eigenvalue weighted by molar-refractivity contribution is 5.93. The Balaban J connectivity index is 1.74. The van der Waals surface area contributed by atoms with Crippen LogP contribution in [0.25, 0.3) is 0 Å². The van der Waals surface area contributed by atoms with E-state index < -0.39 is 0 Å². The number of aryl methyl sites for hydroxylation is 1. The summed E-state index contributed by atoms with van der Waals surface area (Å²) in [6, 6.07) is 7.63. The molecule has 1 saturated heterocycles. The number of carbonyl (C=O) groups excluding carboxylic acids is 1. The van der Waals surface area contributed by atoms with Crippen LogP contribution in [-0.4, -0.2) is 58.4 Å². The first-order chi connectivity index (χ1) is 12.0. The number of halogens is 1. The van der Waals surface area contributed by atoms with Crippen molar-refractivity contribution < 1.29 is 9.18 Å². The Labute approximate surface area is 146 Å². The number of carbonyl (C=O) groups is 1. The molecule has 0 atom stereocenters. The average molecular weight is 343 g/mol. The topological polar surface area (TPSA) is 61.4 Å². The third-order valence-electron chi connectivity index (χ3n) is 4.28. The number of anilines is 2. The minimum atomic E-state index is -0.300. The molecule has 0 aliphatic carbocycles. The van der Waals surface area contributed by atoms with E-state index in [2.05, 4.69) is 27.1 Å². The molecule has 6 nitrogen and oxygen atoms in total. The molecule has 2 heterocycles. The van der Waals surface area contributed by atoms with Gasteiger partial charge in [-0.05, 0) is 37.7 Å². The fourth-order valence-corrected chi connectivity index (χ4v) is 2.85. The molecule has 1 fully saturated rings. The van der Waals surface area contributed by atoms with Crippen molar-refractivity contribution in [1.82, 2.24) is 19.8 Å². The predicted octanol–water partition coefficient (Wildman–Crippen LogP) is 2.45. The van der Waals surface area contributed by atoms with Crippen LogP contribution in [0.1, 0.15) is 23.2 Å². The lowest BCUT2D eigenvalue weighted by atomic mass is 10.2. The van der Waals surface area contributed by atoms with E-state index in [0.717, 1.165) is 19.6 Å². The minimum absolute atomic E-state index is 0.0802. The molecule has 1 N–H and O–H groups in total. The molecule has 1 aliphatic rings. The van der Waals surface area contributed by atoms with Gasteiger partial charge in [0.15, 0.2) is 0 Å². The lowest BCUT2D eigenvalue weighted by Crippen LogP contribution is -2.48. The minimum Gasteiger partial charge on any atom is -0.340 e. The normalized spacial score (nSPS) is 15.2. The average Bonchev–Trinajstić information content (AvgIpc) is 2.62. The molecule has 1 aromatic carbocycles. The second-order valence-electron chi connectivity index (χ2n) is 6.04. The van der Waals surface area contributed by atoms with Crippen LogP contribution in [0.15, 0.2) is 30.3 Å². The summed E-state index contributed by atoms with van der Waals surface area (Å²) in [6.07, 6.45) is 0. The largest absolute Gasteiger partial charge is 0.340 e. The van der Waals surface area contributed by atoms with E-state index in [9.17, 15) is 9.18 Å². The number of aromatic nitrogens is 2. The van der Waals surface area contributed by atoms with Gasteiger partial charge >= 0.3 is 0 Å². The van der Waals surface area contributed by atoms with Crippen molar-refractivity contribution in [3.8, 4) is 0 Å². The Hall–Kier alpha value is -2.54. The zero-order valence-electron chi connectivity index (χ0n) is 14.5. The summed E-state index contributed by atoms with van der Waals surface area (Å²) in [5.41, 5.74) is 1.08. The maximum Gasteiger partial charge on any atom is 0.272 e. The summed E-state index contributed by atoms with van der Waals surface area (Å²) in [4.78, 5) is 25.5. The van der Waals surface area contributed by atoms with Gasteiger partial charge in [-0.15, -0.1) is 0 Å². The number of nitrogens with zero attached hydrogens (tertiary/aromatic N) is 4. The van der Waals surface area contributed by atoms with Gasteiger partial charge in [-0.2, -0.15) is 0 Å². The predicted molar refractivity (Wildman–Crippen MR) is 94.5 cm³/mol. The van der Waals surface area contributed by atoms with Gasteiger partial charge in [0.2, 0.25) is 0 Å². The van der Waals surface area contributed by atoms with Crippen molar-refractivity contribution in [3.05, 3.63) is 47.7 Å². The van der Waals surface area contributed by atoms with E-state index in [1.807, 2.05) is 4.90 Å². The van der Waals surface area contributed by atoms with E-state index in [-0.39, 0.29) is 11.7 Å². The first-order valence-electron chi connectivity index (χ1n) is 8.45. The van der Waals surface area contributed by atoms with Gasteiger partial charge in [-0.1, -0.05) is 6.92 Å². The zero-order chi connectivity index (χ0) is 17.8. The highest BCUT2D eigenvalue weighted by Crippen LogP contribution is 2.17. The number of piperazine rings is 1. The van der Waals surface area contributed by atoms with Gasteiger partial charge in [0, 0.05) is 37.9 Å². The van der Waals surface area contributed by atoms with Crippen LogP contribution in [0.5, 0.6) is 0 Å². The van der Waals surface area contributed by atoms with Crippen molar-refractivity contribution in [3.63, 3.8) is 0 Å². The van der Waals surface area contributed by atoms with Crippen LogP contribution >= 0.6 is 0 Å². The Bertz CT molecular complexity index is 742. The highest BCUT2D eigenvalue weighted by Gasteiger charge is 2.23. The van der Waals surface area contributed by atoms with E-state index in [0.29, 0.717) is 36.1 Å². The van der Waals surface area contributed by atoms with Crippen molar-refractivity contribution in [2.24, 2.45) is 0 Å². The first kappa shape index (κ1) is 17.3. The Morgan fingerprint density at radius 1 is 1.16 bits per heavy atom. The first-order valence-corrected chi connectivity index (χ1v) is 8.45. The molecule has 25 heavy (non-hydrogen) atoms. The summed E-state index contributed by atoms with van der Waals surface area (Å²) in [5.74, 6) is 0.659. The van der Waals surface area contributed by atoms with Crippen LogP contribution in [0, 0.1) is 12.7 Å². The van der Waals surface area contributed by atoms with Gasteiger partial charge in [0.05, 0.1) is 0 Å². The maximum atomic E-state index is 13.0. The van der Waals surface area contributed by atoms with Gasteiger partial charge in [0.25, 0.3) is 5.91 Å². The summed E-state index contributed by atoms with van der Waals surface area (Å²) in [6.45, 7) is 8.05. The molecule has 132 valence electrons. The molecule has 1 aromatic heterocycles. The van der Waals surface area contributed by atoms with Crippen molar-refractivity contribution in [2.75, 3.05) is 38.0 Å². The van der Waals surface area contributed by atoms with Crippen LogP contribution < -0.4 is 5.32 Å². The monoisotopic (exact) mass is 343 g/mol. The van der Waals surface area contributed by atoms with Gasteiger partial charge < -0.3 is 15.1 Å². The molecule has 2 aromatic rings. The molecule has 0 saturated carbocycles. The fraction of sp³-hybridized carbons (Fsp3) is 0.389. The second-order valence-corrected chi connectivity index (χ2v) is 6.04. The number of amides is 1. The van der Waals surface area contributed by atoms with Crippen molar-refractivity contribution in [1.29, 1.82) is 0 Å². The molecule has 1 aliphatic heterocycles. The number of benzene rings is 1. The van der Waals surface area contributed by atoms with Crippen LogP contribution in [0.3, 0.4) is 0 Å². The number of hydrogen-bond acceptors (Lipinski definition) is 5. The molecular weight excluding hydrogens is 321 g/mol. The Morgan fingerprint density at radius 2 is 1.84 bits per heavy atom. The highest BCUT2D eigenvalue weighted by atomic mass is 19.1. The Morgan fingerprint density at radius 3 is 2.48 bits per heavy atom. The van der Waals surface area contributed by atoms with E-state index in [4.69, 9.17) is 0 Å². The molecule has 7 heteroatoms. The summed E-state index contributed by atoms with van der Waals surface area (Å²) < 4.78 is 13.0. The van der Waals surface area contributed by atoms with Gasteiger partial charge in [0.1, 0.15) is 23.2 Å².